The van der Waals surface area contributed by atoms with Crippen molar-refractivity contribution < 1.29 is 18.0 Å². The molecule has 34 heavy (non-hydrogen) atoms. The van der Waals surface area contributed by atoms with Gasteiger partial charge in [-0.25, -0.2) is 15.0 Å². The van der Waals surface area contributed by atoms with Crippen molar-refractivity contribution in [3.8, 4) is 0 Å². The first-order valence-corrected chi connectivity index (χ1v) is 10.7. The van der Waals surface area contributed by atoms with Gasteiger partial charge in [-0.1, -0.05) is 31.2 Å². The smallest absolute Gasteiger partial charge is 0.363 e. The molecule has 0 saturated carbocycles. The molecule has 0 aliphatic rings. The number of anilines is 1. The molecule has 7 nitrogen and oxygen atoms in total. The number of allylic oxidation sites excluding steroid dienone is 1. The van der Waals surface area contributed by atoms with Crippen LogP contribution in [0.15, 0.2) is 52.1 Å². The summed E-state index contributed by atoms with van der Waals surface area (Å²) in [6.07, 6.45) is -3.15. The molecule has 0 unspecified atom stereocenters. The summed E-state index contributed by atoms with van der Waals surface area (Å²) in [5, 5.41) is 1.65. The third-order valence-corrected chi connectivity index (χ3v) is 5.52. The fourth-order valence-electron chi connectivity index (χ4n) is 3.32. The van der Waals surface area contributed by atoms with Gasteiger partial charge in [0.1, 0.15) is 11.5 Å². The highest BCUT2D eigenvalue weighted by molar-refractivity contribution is 6.06. The first-order valence-electron chi connectivity index (χ1n) is 10.7. The van der Waals surface area contributed by atoms with Crippen LogP contribution in [0.3, 0.4) is 0 Å². The summed E-state index contributed by atoms with van der Waals surface area (Å²) in [4.78, 5) is 30.7. The lowest BCUT2D eigenvalue weighted by Crippen LogP contribution is -2.45. The van der Waals surface area contributed by atoms with Crippen molar-refractivity contribution in [2.75, 3.05) is 39.6 Å². The SMILES string of the molecule is C=NC(=N/C=C(\C)C(F)(F)F)N(C)C[C@H](CC)N(C)C(=O)c1nc(N(C)C)cc2ccccc12. The van der Waals surface area contributed by atoms with Crippen molar-refractivity contribution in [2.45, 2.75) is 32.5 Å². The van der Waals surface area contributed by atoms with Gasteiger partial charge in [0.15, 0.2) is 0 Å². The molecule has 0 saturated heterocycles. The molecule has 1 aromatic carbocycles. The van der Waals surface area contributed by atoms with Crippen LogP contribution in [0.4, 0.5) is 19.0 Å². The standard InChI is InChI=1S/C24H31F3N6O/c1-8-18(15-32(6)23(28-3)29-14-16(2)24(25,26)27)33(7)22(34)21-19-12-10-9-11-17(19)13-20(30-21)31(4)5/h9-14,18H,3,8,15H2,1-2,4-7H3/b16-14+,29-23?/t18-/m0/s1. The number of aliphatic imine (C=N–C) groups is 2. The molecule has 0 fully saturated rings. The molecule has 1 atom stereocenters. The average molecular weight is 477 g/mol. The van der Waals surface area contributed by atoms with Gasteiger partial charge in [0.05, 0.1) is 0 Å². The summed E-state index contributed by atoms with van der Waals surface area (Å²) in [6, 6.07) is 9.20. The van der Waals surface area contributed by atoms with Gasteiger partial charge in [-0.2, -0.15) is 13.2 Å². The van der Waals surface area contributed by atoms with Crippen LogP contribution in [0.5, 0.6) is 0 Å². The molecule has 0 spiro atoms. The number of benzene rings is 1. The van der Waals surface area contributed by atoms with Crippen molar-refractivity contribution in [1.82, 2.24) is 14.8 Å². The summed E-state index contributed by atoms with van der Waals surface area (Å²) in [7, 11) is 7.05. The quantitative estimate of drug-likeness (QED) is 0.433. The number of guanidine groups is 1. The summed E-state index contributed by atoms with van der Waals surface area (Å²) in [5.74, 6) is 0.441. The number of rotatable bonds is 7. The Morgan fingerprint density at radius 1 is 1.21 bits per heavy atom. The zero-order chi connectivity index (χ0) is 25.6. The van der Waals surface area contributed by atoms with Crippen molar-refractivity contribution in [3.05, 3.63) is 47.8 Å². The molecule has 1 aromatic heterocycles. The Morgan fingerprint density at radius 3 is 2.41 bits per heavy atom. The van der Waals surface area contributed by atoms with Crippen LogP contribution in [0.2, 0.25) is 0 Å². The minimum absolute atomic E-state index is 0.0288. The number of alkyl halides is 3. The third-order valence-electron chi connectivity index (χ3n) is 5.52. The van der Waals surface area contributed by atoms with E-state index < -0.39 is 11.7 Å². The van der Waals surface area contributed by atoms with Crippen LogP contribution in [0.25, 0.3) is 10.8 Å². The van der Waals surface area contributed by atoms with Crippen LogP contribution in [0.1, 0.15) is 30.8 Å². The molecule has 1 heterocycles. The monoisotopic (exact) mass is 476 g/mol. The lowest BCUT2D eigenvalue weighted by Gasteiger charge is -2.31. The van der Waals surface area contributed by atoms with E-state index in [1.165, 1.54) is 0 Å². The van der Waals surface area contributed by atoms with E-state index in [-0.39, 0.29) is 17.9 Å². The van der Waals surface area contributed by atoms with E-state index >= 15 is 0 Å². The van der Waals surface area contributed by atoms with Crippen molar-refractivity contribution in [2.24, 2.45) is 9.98 Å². The number of aromatic nitrogens is 1. The highest BCUT2D eigenvalue weighted by Gasteiger charge is 2.30. The Hall–Kier alpha value is -3.43. The Morgan fingerprint density at radius 2 is 1.85 bits per heavy atom. The summed E-state index contributed by atoms with van der Waals surface area (Å²) < 4.78 is 38.3. The maximum atomic E-state index is 13.5. The fourth-order valence-corrected chi connectivity index (χ4v) is 3.32. The average Bonchev–Trinajstić information content (AvgIpc) is 2.80. The van der Waals surface area contributed by atoms with Gasteiger partial charge in [0.25, 0.3) is 5.91 Å². The van der Waals surface area contributed by atoms with Gasteiger partial charge in [0, 0.05) is 57.9 Å². The largest absolute Gasteiger partial charge is 0.413 e. The molecule has 0 aliphatic carbocycles. The molecule has 0 aliphatic heterocycles. The lowest BCUT2D eigenvalue weighted by atomic mass is 10.1. The minimum Gasteiger partial charge on any atom is -0.363 e. The second kappa shape index (κ2) is 11.1. The number of halogens is 3. The zero-order valence-corrected chi connectivity index (χ0v) is 20.4. The molecular weight excluding hydrogens is 445 g/mol. The third kappa shape index (κ3) is 6.33. The van der Waals surface area contributed by atoms with Crippen molar-refractivity contribution in [1.29, 1.82) is 0 Å². The summed E-state index contributed by atoms with van der Waals surface area (Å²) >= 11 is 0. The number of hydrogen-bond donors (Lipinski definition) is 0. The molecule has 0 bridgehead atoms. The van der Waals surface area contributed by atoms with E-state index in [2.05, 4.69) is 21.7 Å². The van der Waals surface area contributed by atoms with Gasteiger partial charge in [0.2, 0.25) is 5.96 Å². The van der Waals surface area contributed by atoms with Crippen LogP contribution in [-0.2, 0) is 0 Å². The van der Waals surface area contributed by atoms with E-state index in [1.54, 1.807) is 23.9 Å². The summed E-state index contributed by atoms with van der Waals surface area (Å²) in [5.41, 5.74) is -0.509. The number of carbonyl (C=O) groups is 1. The van der Waals surface area contributed by atoms with E-state index in [0.717, 1.165) is 23.9 Å². The number of fused-ring (bicyclic) bond motifs is 1. The van der Waals surface area contributed by atoms with Crippen LogP contribution in [-0.4, -0.2) is 80.3 Å². The number of likely N-dealkylation sites (N-methyl/N-ethyl adjacent to an activating group) is 2. The maximum absolute atomic E-state index is 13.5. The second-order valence-electron chi connectivity index (χ2n) is 8.20. The van der Waals surface area contributed by atoms with Gasteiger partial charge in [-0.15, -0.1) is 0 Å². The van der Waals surface area contributed by atoms with Crippen LogP contribution < -0.4 is 4.90 Å². The molecule has 1 amide bonds. The molecular formula is C24H31F3N6O. The first-order chi connectivity index (χ1) is 15.9. The normalized spacial score (nSPS) is 13.6. The highest BCUT2D eigenvalue weighted by Crippen LogP contribution is 2.25. The van der Waals surface area contributed by atoms with Crippen molar-refractivity contribution in [3.63, 3.8) is 0 Å². The van der Waals surface area contributed by atoms with Crippen LogP contribution in [0, 0.1) is 0 Å². The Bertz CT molecular complexity index is 1090. The molecule has 2 rings (SSSR count). The number of carbonyl (C=O) groups excluding carboxylic acids is 1. The molecule has 184 valence electrons. The highest BCUT2D eigenvalue weighted by atomic mass is 19.4. The van der Waals surface area contributed by atoms with Gasteiger partial charge < -0.3 is 14.7 Å². The van der Waals surface area contributed by atoms with Gasteiger partial charge in [-0.3, -0.25) is 4.79 Å². The zero-order valence-electron chi connectivity index (χ0n) is 20.4. The molecule has 0 N–H and O–H groups in total. The number of hydrogen-bond acceptors (Lipinski definition) is 4. The second-order valence-corrected chi connectivity index (χ2v) is 8.20. The molecule has 2 aromatic rings. The van der Waals surface area contributed by atoms with Gasteiger partial charge >= 0.3 is 6.18 Å². The van der Waals surface area contributed by atoms with Gasteiger partial charge in [-0.05, 0) is 31.5 Å². The van der Waals surface area contributed by atoms with Crippen LogP contribution >= 0.6 is 0 Å². The van der Waals surface area contributed by atoms with Crippen molar-refractivity contribution >= 4 is 35.2 Å². The number of pyridine rings is 1. The molecule has 10 heteroatoms. The number of nitrogens with zero attached hydrogens (tertiary/aromatic N) is 6. The van der Waals surface area contributed by atoms with E-state index in [9.17, 15) is 18.0 Å². The Labute approximate surface area is 198 Å². The predicted molar refractivity (Wildman–Crippen MR) is 132 cm³/mol. The first kappa shape index (κ1) is 26.8. The topological polar surface area (TPSA) is 64.4 Å². The van der Waals surface area contributed by atoms with E-state index in [1.807, 2.05) is 56.3 Å². The molecule has 0 radical (unpaired) electrons. The minimum atomic E-state index is -4.47. The maximum Gasteiger partial charge on any atom is 0.413 e. The lowest BCUT2D eigenvalue weighted by molar-refractivity contribution is -0.0914. The van der Waals surface area contributed by atoms with E-state index in [4.69, 9.17) is 0 Å². The summed E-state index contributed by atoms with van der Waals surface area (Å²) in [6.45, 7) is 6.57. The predicted octanol–water partition coefficient (Wildman–Crippen LogP) is 4.61. The Balaban J connectivity index is 2.33. The van der Waals surface area contributed by atoms with E-state index in [0.29, 0.717) is 24.5 Å². The fraction of sp³-hybridized carbons (Fsp3) is 0.417. The number of amides is 1. The Kier molecular flexibility index (Phi) is 8.78.